The fraction of sp³-hybridized carbons (Fsp3) is 0.118. The van der Waals surface area contributed by atoms with Gasteiger partial charge in [-0.2, -0.15) is 0 Å². The summed E-state index contributed by atoms with van der Waals surface area (Å²) in [4.78, 5) is 4.37. The number of nitrogen functional groups attached to an aromatic ring is 1. The summed E-state index contributed by atoms with van der Waals surface area (Å²) in [5, 5.41) is 1.04. The molecule has 0 spiro atoms. The lowest BCUT2D eigenvalue weighted by molar-refractivity contribution is 0.340. The van der Waals surface area contributed by atoms with E-state index in [0.717, 1.165) is 10.9 Å². The Labute approximate surface area is 123 Å². The maximum absolute atomic E-state index is 5.85. The van der Waals surface area contributed by atoms with Gasteiger partial charge in [-0.25, -0.2) is 0 Å². The van der Waals surface area contributed by atoms with E-state index in [1.54, 1.807) is 18.3 Å². The number of fused-ring (bicyclic) bond motifs is 1. The van der Waals surface area contributed by atoms with Gasteiger partial charge < -0.3 is 15.2 Å². The second-order valence-corrected chi connectivity index (χ2v) is 4.60. The number of nitrogens with zero attached hydrogens (tertiary/aromatic N) is 1. The Bertz CT molecular complexity index is 772. The molecule has 0 radical (unpaired) electrons. The standard InChI is InChI=1S/C17H16N2O2/c1-2-20-17-10-13(7-8-15(17)18)21-14-9-12-5-3-4-6-16(12)19-11-14/h3-11H,2,18H2,1H3. The number of hydrogen-bond donors (Lipinski definition) is 1. The lowest BCUT2D eigenvalue weighted by Gasteiger charge is -2.10. The zero-order valence-corrected chi connectivity index (χ0v) is 11.7. The first kappa shape index (κ1) is 13.2. The number of pyridine rings is 1. The largest absolute Gasteiger partial charge is 0.492 e. The van der Waals surface area contributed by atoms with Crippen molar-refractivity contribution in [2.24, 2.45) is 0 Å². The Kier molecular flexibility index (Phi) is 3.60. The highest BCUT2D eigenvalue weighted by Gasteiger charge is 2.05. The molecular formula is C17H16N2O2. The van der Waals surface area contributed by atoms with E-state index in [0.29, 0.717) is 29.5 Å². The van der Waals surface area contributed by atoms with Gasteiger partial charge in [0.25, 0.3) is 0 Å². The van der Waals surface area contributed by atoms with E-state index in [4.69, 9.17) is 15.2 Å². The third-order valence-corrected chi connectivity index (χ3v) is 3.09. The van der Waals surface area contributed by atoms with Crippen LogP contribution in [0.15, 0.2) is 54.7 Å². The van der Waals surface area contributed by atoms with Gasteiger partial charge in [0.15, 0.2) is 0 Å². The van der Waals surface area contributed by atoms with Gasteiger partial charge in [-0.1, -0.05) is 18.2 Å². The molecule has 21 heavy (non-hydrogen) atoms. The van der Waals surface area contributed by atoms with Crippen LogP contribution in [0, 0.1) is 0 Å². The molecule has 2 aromatic carbocycles. The second-order valence-electron chi connectivity index (χ2n) is 4.60. The molecule has 106 valence electrons. The van der Waals surface area contributed by atoms with E-state index in [1.165, 1.54) is 0 Å². The van der Waals surface area contributed by atoms with Crippen molar-refractivity contribution in [1.82, 2.24) is 4.98 Å². The first-order valence-corrected chi connectivity index (χ1v) is 6.81. The van der Waals surface area contributed by atoms with Gasteiger partial charge in [-0.15, -0.1) is 0 Å². The van der Waals surface area contributed by atoms with Crippen LogP contribution in [-0.4, -0.2) is 11.6 Å². The molecule has 0 saturated heterocycles. The van der Waals surface area contributed by atoms with Gasteiger partial charge in [0.05, 0.1) is 24.0 Å². The van der Waals surface area contributed by atoms with Crippen LogP contribution >= 0.6 is 0 Å². The molecule has 2 N–H and O–H groups in total. The summed E-state index contributed by atoms with van der Waals surface area (Å²) in [6, 6.07) is 15.2. The topological polar surface area (TPSA) is 57.4 Å². The lowest BCUT2D eigenvalue weighted by atomic mass is 10.2. The summed E-state index contributed by atoms with van der Waals surface area (Å²) in [6.07, 6.45) is 1.71. The average molecular weight is 280 g/mol. The second kappa shape index (κ2) is 5.71. The SMILES string of the molecule is CCOc1cc(Oc2cnc3ccccc3c2)ccc1N. The van der Waals surface area contributed by atoms with Gasteiger partial charge in [-0.05, 0) is 31.2 Å². The summed E-state index contributed by atoms with van der Waals surface area (Å²) in [5.74, 6) is 1.98. The van der Waals surface area contributed by atoms with Crippen LogP contribution in [0.3, 0.4) is 0 Å². The van der Waals surface area contributed by atoms with Crippen molar-refractivity contribution in [3.05, 3.63) is 54.7 Å². The maximum Gasteiger partial charge on any atom is 0.146 e. The molecule has 0 bridgehead atoms. The third-order valence-electron chi connectivity index (χ3n) is 3.09. The molecule has 0 aliphatic rings. The van der Waals surface area contributed by atoms with Crippen LogP contribution in [-0.2, 0) is 0 Å². The highest BCUT2D eigenvalue weighted by molar-refractivity contribution is 5.79. The monoisotopic (exact) mass is 280 g/mol. The molecule has 4 heteroatoms. The highest BCUT2D eigenvalue weighted by atomic mass is 16.5. The smallest absolute Gasteiger partial charge is 0.146 e. The number of nitrogens with two attached hydrogens (primary N) is 1. The predicted octanol–water partition coefficient (Wildman–Crippen LogP) is 4.01. The van der Waals surface area contributed by atoms with E-state index < -0.39 is 0 Å². The first-order chi connectivity index (χ1) is 10.3. The summed E-state index contributed by atoms with van der Waals surface area (Å²) in [6.45, 7) is 2.48. The fourth-order valence-corrected chi connectivity index (χ4v) is 2.10. The molecule has 4 nitrogen and oxygen atoms in total. The van der Waals surface area contributed by atoms with Crippen LogP contribution in [0.5, 0.6) is 17.2 Å². The van der Waals surface area contributed by atoms with Gasteiger partial charge in [0.2, 0.25) is 0 Å². The quantitative estimate of drug-likeness (QED) is 0.734. The van der Waals surface area contributed by atoms with Gasteiger partial charge in [-0.3, -0.25) is 4.98 Å². The summed E-state index contributed by atoms with van der Waals surface area (Å²) < 4.78 is 11.3. The molecule has 1 heterocycles. The molecule has 3 aromatic rings. The normalized spacial score (nSPS) is 10.5. The van der Waals surface area contributed by atoms with Crippen LogP contribution in [0.2, 0.25) is 0 Å². The van der Waals surface area contributed by atoms with E-state index in [2.05, 4.69) is 4.98 Å². The number of anilines is 1. The van der Waals surface area contributed by atoms with Crippen LogP contribution < -0.4 is 15.2 Å². The van der Waals surface area contributed by atoms with Gasteiger partial charge >= 0.3 is 0 Å². The number of benzene rings is 2. The molecule has 0 aliphatic carbocycles. The number of aromatic nitrogens is 1. The Balaban J connectivity index is 1.89. The Morgan fingerprint density at radius 3 is 2.76 bits per heavy atom. The van der Waals surface area contributed by atoms with E-state index in [1.807, 2.05) is 43.3 Å². The van der Waals surface area contributed by atoms with Gasteiger partial charge in [0.1, 0.15) is 17.2 Å². The zero-order chi connectivity index (χ0) is 14.7. The molecule has 0 amide bonds. The van der Waals surface area contributed by atoms with E-state index in [-0.39, 0.29) is 0 Å². The first-order valence-electron chi connectivity index (χ1n) is 6.81. The average Bonchev–Trinajstić information content (AvgIpc) is 2.51. The molecular weight excluding hydrogens is 264 g/mol. The maximum atomic E-state index is 5.85. The zero-order valence-electron chi connectivity index (χ0n) is 11.7. The molecule has 0 atom stereocenters. The molecule has 1 aromatic heterocycles. The Morgan fingerprint density at radius 2 is 1.90 bits per heavy atom. The summed E-state index contributed by atoms with van der Waals surface area (Å²) in [5.41, 5.74) is 7.39. The van der Waals surface area contributed by atoms with Crippen molar-refractivity contribution >= 4 is 16.6 Å². The fourth-order valence-electron chi connectivity index (χ4n) is 2.10. The van der Waals surface area contributed by atoms with Crippen molar-refractivity contribution in [2.45, 2.75) is 6.92 Å². The van der Waals surface area contributed by atoms with Crippen LogP contribution in [0.25, 0.3) is 10.9 Å². The minimum atomic E-state index is 0.561. The van der Waals surface area contributed by atoms with Crippen LogP contribution in [0.4, 0.5) is 5.69 Å². The summed E-state index contributed by atoms with van der Waals surface area (Å²) in [7, 11) is 0. The third kappa shape index (κ3) is 2.89. The van der Waals surface area contributed by atoms with Gasteiger partial charge in [0, 0.05) is 11.5 Å². The van der Waals surface area contributed by atoms with E-state index >= 15 is 0 Å². The Morgan fingerprint density at radius 1 is 1.05 bits per heavy atom. The van der Waals surface area contributed by atoms with Crippen molar-refractivity contribution in [2.75, 3.05) is 12.3 Å². The minimum Gasteiger partial charge on any atom is -0.492 e. The number of rotatable bonds is 4. The number of hydrogen-bond acceptors (Lipinski definition) is 4. The highest BCUT2D eigenvalue weighted by Crippen LogP contribution is 2.30. The molecule has 0 unspecified atom stereocenters. The molecule has 3 rings (SSSR count). The molecule has 0 saturated carbocycles. The van der Waals surface area contributed by atoms with Crippen LogP contribution in [0.1, 0.15) is 6.92 Å². The van der Waals surface area contributed by atoms with Crippen molar-refractivity contribution < 1.29 is 9.47 Å². The van der Waals surface area contributed by atoms with Crippen molar-refractivity contribution in [1.29, 1.82) is 0 Å². The van der Waals surface area contributed by atoms with E-state index in [9.17, 15) is 0 Å². The summed E-state index contributed by atoms with van der Waals surface area (Å²) >= 11 is 0. The number of para-hydroxylation sites is 1. The lowest BCUT2D eigenvalue weighted by Crippen LogP contribution is -1.97. The molecule has 0 aliphatic heterocycles. The Hall–Kier alpha value is -2.75. The minimum absolute atomic E-state index is 0.561. The number of ether oxygens (including phenoxy) is 2. The van der Waals surface area contributed by atoms with Crippen molar-refractivity contribution in [3.8, 4) is 17.2 Å². The predicted molar refractivity (Wildman–Crippen MR) is 83.8 cm³/mol. The molecule has 0 fully saturated rings. The van der Waals surface area contributed by atoms with Crippen molar-refractivity contribution in [3.63, 3.8) is 0 Å².